The molecule has 0 aliphatic carbocycles. The van der Waals surface area contributed by atoms with Gasteiger partial charge in [0, 0.05) is 5.69 Å². The average Bonchev–Trinajstić information content (AvgIpc) is 2.86. The van der Waals surface area contributed by atoms with Crippen molar-refractivity contribution in [1.29, 1.82) is 0 Å². The van der Waals surface area contributed by atoms with Crippen LogP contribution in [0.4, 0.5) is 5.69 Å². The molecular formula is C12H15N3O4S2. The summed E-state index contributed by atoms with van der Waals surface area (Å²) in [7, 11) is -7.06. The number of imidazole rings is 1. The van der Waals surface area contributed by atoms with Crippen LogP contribution in [0.15, 0.2) is 40.4 Å². The van der Waals surface area contributed by atoms with Crippen molar-refractivity contribution in [3.63, 3.8) is 0 Å². The molecule has 7 nitrogen and oxygen atoms in total. The van der Waals surface area contributed by atoms with Crippen LogP contribution in [-0.4, -0.2) is 32.6 Å². The Morgan fingerprint density at radius 1 is 1.14 bits per heavy atom. The fraction of sp³-hybridized carbons (Fsp3) is 0.250. The second kappa shape index (κ2) is 5.49. The predicted molar refractivity (Wildman–Crippen MR) is 78.3 cm³/mol. The zero-order chi connectivity index (χ0) is 15.7. The highest BCUT2D eigenvalue weighted by Crippen LogP contribution is 2.18. The van der Waals surface area contributed by atoms with Gasteiger partial charge in [0.15, 0.2) is 14.9 Å². The van der Waals surface area contributed by atoms with E-state index >= 15 is 0 Å². The molecule has 0 atom stereocenters. The van der Waals surface area contributed by atoms with Crippen LogP contribution in [0.25, 0.3) is 0 Å². The number of H-pyrrole nitrogens is 1. The summed E-state index contributed by atoms with van der Waals surface area (Å²) in [5, 5.41) is -0.0507. The summed E-state index contributed by atoms with van der Waals surface area (Å²) in [6.45, 7) is 3.19. The molecule has 0 bridgehead atoms. The smallest absolute Gasteiger partial charge is 0.278 e. The number of sulfone groups is 1. The first-order valence-corrected chi connectivity index (χ1v) is 9.25. The molecule has 1 aromatic carbocycles. The molecule has 1 heterocycles. The van der Waals surface area contributed by atoms with E-state index in [1.807, 2.05) is 0 Å². The lowest BCUT2D eigenvalue weighted by Gasteiger charge is -2.07. The Morgan fingerprint density at radius 2 is 1.76 bits per heavy atom. The number of rotatable bonds is 5. The molecule has 0 saturated carbocycles. The van der Waals surface area contributed by atoms with Crippen LogP contribution in [0.1, 0.15) is 12.7 Å². The van der Waals surface area contributed by atoms with Crippen molar-refractivity contribution < 1.29 is 16.8 Å². The first-order chi connectivity index (χ1) is 9.74. The van der Waals surface area contributed by atoms with Gasteiger partial charge in [-0.2, -0.15) is 8.42 Å². The quantitative estimate of drug-likeness (QED) is 0.859. The van der Waals surface area contributed by atoms with Gasteiger partial charge in [-0.05, 0) is 31.2 Å². The van der Waals surface area contributed by atoms with Gasteiger partial charge in [0.25, 0.3) is 10.0 Å². The van der Waals surface area contributed by atoms with E-state index in [0.717, 1.165) is 0 Å². The summed E-state index contributed by atoms with van der Waals surface area (Å²) >= 11 is 0. The molecule has 0 aliphatic heterocycles. The molecule has 2 N–H and O–H groups in total. The third kappa shape index (κ3) is 3.42. The highest BCUT2D eigenvalue weighted by molar-refractivity contribution is 7.92. The van der Waals surface area contributed by atoms with Crippen molar-refractivity contribution in [3.05, 3.63) is 36.3 Å². The number of nitrogens with zero attached hydrogens (tertiary/aromatic N) is 1. The molecule has 9 heteroatoms. The van der Waals surface area contributed by atoms with Crippen molar-refractivity contribution in [3.8, 4) is 0 Å². The molecule has 21 heavy (non-hydrogen) atoms. The second-order valence-electron chi connectivity index (χ2n) is 4.37. The number of benzene rings is 1. The molecule has 0 fully saturated rings. The molecule has 1 aromatic heterocycles. The summed E-state index contributed by atoms with van der Waals surface area (Å²) < 4.78 is 49.8. The van der Waals surface area contributed by atoms with E-state index in [4.69, 9.17) is 0 Å². The molecule has 0 unspecified atom stereocenters. The fourth-order valence-electron chi connectivity index (χ4n) is 1.64. The summed E-state index contributed by atoms with van der Waals surface area (Å²) in [6.07, 6.45) is 1.22. The van der Waals surface area contributed by atoms with Crippen molar-refractivity contribution in [2.24, 2.45) is 0 Å². The molecule has 0 aliphatic rings. The Kier molecular flexibility index (Phi) is 4.06. The Labute approximate surface area is 123 Å². The Balaban J connectivity index is 2.25. The third-order valence-corrected chi connectivity index (χ3v) is 5.86. The van der Waals surface area contributed by atoms with E-state index in [2.05, 4.69) is 14.7 Å². The molecule has 0 amide bonds. The molecule has 0 spiro atoms. The summed E-state index contributed by atoms with van der Waals surface area (Å²) in [5.41, 5.74) is 0.275. The second-order valence-corrected chi connectivity index (χ2v) is 8.30. The zero-order valence-corrected chi connectivity index (χ0v) is 13.1. The number of nitrogens with one attached hydrogen (secondary N) is 2. The molecule has 114 valence electrons. The maximum atomic E-state index is 12.1. The summed E-state index contributed by atoms with van der Waals surface area (Å²) in [4.78, 5) is 6.61. The van der Waals surface area contributed by atoms with E-state index in [-0.39, 0.29) is 21.4 Å². The summed E-state index contributed by atoms with van der Waals surface area (Å²) in [6, 6.07) is 5.55. The topological polar surface area (TPSA) is 109 Å². The van der Waals surface area contributed by atoms with E-state index in [1.165, 1.54) is 30.5 Å². The normalized spacial score (nSPS) is 12.3. The standard InChI is InChI=1S/C12H15N3O4S2/c1-3-20(16,17)11-6-4-10(5-7-11)15-21(18,19)12-8-13-9(2)14-12/h4-8,15H,3H2,1-2H3,(H,13,14). The maximum Gasteiger partial charge on any atom is 0.278 e. The molecule has 2 aromatic rings. The van der Waals surface area contributed by atoms with Gasteiger partial charge in [-0.25, -0.2) is 13.4 Å². The van der Waals surface area contributed by atoms with E-state index in [1.54, 1.807) is 13.8 Å². The van der Waals surface area contributed by atoms with Crippen LogP contribution in [0.5, 0.6) is 0 Å². The minimum Gasteiger partial charge on any atom is -0.332 e. The van der Waals surface area contributed by atoms with Gasteiger partial charge in [0.05, 0.1) is 16.8 Å². The fourth-order valence-corrected chi connectivity index (χ4v) is 3.56. The Hall–Kier alpha value is -1.87. The highest BCUT2D eigenvalue weighted by Gasteiger charge is 2.17. The number of hydrogen-bond donors (Lipinski definition) is 2. The minimum absolute atomic E-state index is 0.00844. The lowest BCUT2D eigenvalue weighted by molar-refractivity contribution is 0.596. The van der Waals surface area contributed by atoms with Gasteiger partial charge in [-0.1, -0.05) is 6.92 Å². The average molecular weight is 329 g/mol. The van der Waals surface area contributed by atoms with Crippen molar-refractivity contribution >= 4 is 25.5 Å². The molecular weight excluding hydrogens is 314 g/mol. The number of hydrogen-bond acceptors (Lipinski definition) is 5. The van der Waals surface area contributed by atoms with Crippen molar-refractivity contribution in [2.45, 2.75) is 23.8 Å². The first-order valence-electron chi connectivity index (χ1n) is 6.12. The van der Waals surface area contributed by atoms with Crippen LogP contribution in [-0.2, 0) is 19.9 Å². The SMILES string of the molecule is CCS(=O)(=O)c1ccc(NS(=O)(=O)c2cnc(C)[nH]2)cc1. The first kappa shape index (κ1) is 15.5. The highest BCUT2D eigenvalue weighted by atomic mass is 32.2. The third-order valence-electron chi connectivity index (χ3n) is 2.81. The van der Waals surface area contributed by atoms with Gasteiger partial charge in [-0.15, -0.1) is 0 Å². The van der Waals surface area contributed by atoms with Gasteiger partial charge < -0.3 is 4.98 Å². The van der Waals surface area contributed by atoms with Crippen molar-refractivity contribution in [1.82, 2.24) is 9.97 Å². The van der Waals surface area contributed by atoms with Crippen LogP contribution in [0.3, 0.4) is 0 Å². The van der Waals surface area contributed by atoms with Crippen LogP contribution >= 0.6 is 0 Å². The molecule has 0 saturated heterocycles. The number of sulfonamides is 1. The molecule has 2 rings (SSSR count). The zero-order valence-electron chi connectivity index (χ0n) is 11.5. The monoisotopic (exact) mass is 329 g/mol. The van der Waals surface area contributed by atoms with Gasteiger partial charge in [0.2, 0.25) is 0 Å². The van der Waals surface area contributed by atoms with E-state index in [9.17, 15) is 16.8 Å². The number of aromatic amines is 1. The largest absolute Gasteiger partial charge is 0.332 e. The number of anilines is 1. The Bertz CT molecular complexity index is 837. The van der Waals surface area contributed by atoms with Crippen LogP contribution in [0.2, 0.25) is 0 Å². The summed E-state index contributed by atoms with van der Waals surface area (Å²) in [5.74, 6) is 0.477. The van der Waals surface area contributed by atoms with E-state index < -0.39 is 19.9 Å². The van der Waals surface area contributed by atoms with E-state index in [0.29, 0.717) is 5.82 Å². The predicted octanol–water partition coefficient (Wildman–Crippen LogP) is 1.31. The van der Waals surface area contributed by atoms with Crippen LogP contribution in [0, 0.1) is 6.92 Å². The Morgan fingerprint density at radius 3 is 2.24 bits per heavy atom. The van der Waals surface area contributed by atoms with Gasteiger partial charge >= 0.3 is 0 Å². The maximum absolute atomic E-state index is 12.1. The lowest BCUT2D eigenvalue weighted by Crippen LogP contribution is -2.13. The van der Waals surface area contributed by atoms with Crippen molar-refractivity contribution in [2.75, 3.05) is 10.5 Å². The number of aryl methyl sites for hydroxylation is 1. The van der Waals surface area contributed by atoms with Gasteiger partial charge in [-0.3, -0.25) is 4.72 Å². The minimum atomic E-state index is -3.76. The number of aromatic nitrogens is 2. The van der Waals surface area contributed by atoms with Gasteiger partial charge in [0.1, 0.15) is 5.82 Å². The molecule has 0 radical (unpaired) electrons. The van der Waals surface area contributed by atoms with Crippen LogP contribution < -0.4 is 4.72 Å². The lowest BCUT2D eigenvalue weighted by atomic mass is 10.3.